The first-order valence-electron chi connectivity index (χ1n) is 6.50. The number of aryl methyl sites for hydroxylation is 1. The minimum Gasteiger partial charge on any atom is -0.316 e. The van der Waals surface area contributed by atoms with Gasteiger partial charge in [-0.25, -0.2) is 4.98 Å². The third-order valence-electron chi connectivity index (χ3n) is 3.41. The number of fused-ring (bicyclic) bond motifs is 1. The van der Waals surface area contributed by atoms with Crippen LogP contribution in [0.25, 0.3) is 5.65 Å². The van der Waals surface area contributed by atoms with Gasteiger partial charge in [0.05, 0.1) is 5.69 Å². The Labute approximate surface area is 116 Å². The molecule has 1 aliphatic heterocycles. The Morgan fingerprint density at radius 2 is 2.37 bits per heavy atom. The topological polar surface area (TPSA) is 46.4 Å². The first kappa shape index (κ1) is 12.7. The van der Waals surface area contributed by atoms with Crippen LogP contribution in [0.3, 0.4) is 0 Å². The van der Waals surface area contributed by atoms with E-state index in [0.717, 1.165) is 47.4 Å². The lowest BCUT2D eigenvalue weighted by Crippen LogP contribution is -2.43. The van der Waals surface area contributed by atoms with Crippen molar-refractivity contribution >= 4 is 17.4 Å². The van der Waals surface area contributed by atoms with Crippen molar-refractivity contribution in [2.75, 3.05) is 18.8 Å². The molecule has 100 valence electrons. The molecule has 0 amide bonds. The first-order valence-corrected chi connectivity index (χ1v) is 7.66. The number of thioether (sulfide) groups is 1. The van der Waals surface area contributed by atoms with Crippen molar-refractivity contribution in [2.45, 2.75) is 12.7 Å². The Kier molecular flexibility index (Phi) is 3.57. The minimum absolute atomic E-state index is 0.00890. The van der Waals surface area contributed by atoms with Crippen molar-refractivity contribution in [1.29, 1.82) is 0 Å². The average molecular weight is 275 g/mol. The molecular formula is C14H17N3OS. The maximum Gasteiger partial charge on any atom is 0.258 e. The molecule has 0 aromatic carbocycles. The molecule has 2 aromatic rings. The van der Waals surface area contributed by atoms with Gasteiger partial charge in [-0.2, -0.15) is 11.8 Å². The maximum atomic E-state index is 12.0. The molecular weight excluding hydrogens is 258 g/mol. The van der Waals surface area contributed by atoms with E-state index in [1.54, 1.807) is 16.7 Å². The number of pyridine rings is 1. The van der Waals surface area contributed by atoms with Gasteiger partial charge >= 0.3 is 0 Å². The van der Waals surface area contributed by atoms with Gasteiger partial charge in [-0.15, -0.1) is 0 Å². The molecule has 19 heavy (non-hydrogen) atoms. The van der Waals surface area contributed by atoms with E-state index in [0.29, 0.717) is 0 Å². The second-order valence-electron chi connectivity index (χ2n) is 5.01. The van der Waals surface area contributed by atoms with Crippen LogP contribution in [0, 0.1) is 12.8 Å². The van der Waals surface area contributed by atoms with Gasteiger partial charge in [0, 0.05) is 18.0 Å². The van der Waals surface area contributed by atoms with Gasteiger partial charge in [0.1, 0.15) is 5.65 Å². The quantitative estimate of drug-likeness (QED) is 0.917. The Bertz CT molecular complexity index is 649. The standard InChI is InChI=1S/C14H17N3OS/c1-10-3-2-4-17-13(18)5-12(16-14(10)17)9-19-8-11-6-15-7-11/h2-5,11,15H,6-9H2,1H3. The Morgan fingerprint density at radius 1 is 1.53 bits per heavy atom. The Morgan fingerprint density at radius 3 is 3.11 bits per heavy atom. The molecule has 1 aliphatic rings. The number of nitrogens with zero attached hydrogens (tertiary/aromatic N) is 2. The number of hydrogen-bond donors (Lipinski definition) is 1. The summed E-state index contributed by atoms with van der Waals surface area (Å²) in [5.41, 5.74) is 2.71. The molecule has 2 aromatic heterocycles. The lowest BCUT2D eigenvalue weighted by molar-refractivity contribution is 0.385. The molecule has 3 rings (SSSR count). The van der Waals surface area contributed by atoms with Gasteiger partial charge in [0.15, 0.2) is 0 Å². The molecule has 4 nitrogen and oxygen atoms in total. The van der Waals surface area contributed by atoms with E-state index >= 15 is 0 Å². The maximum absolute atomic E-state index is 12.0. The van der Waals surface area contributed by atoms with Gasteiger partial charge in [-0.3, -0.25) is 9.20 Å². The number of rotatable bonds is 4. The SMILES string of the molecule is Cc1cccn2c(=O)cc(CSCC3CNC3)nc12. The van der Waals surface area contributed by atoms with Gasteiger partial charge in [0.25, 0.3) is 5.56 Å². The minimum atomic E-state index is 0.00890. The van der Waals surface area contributed by atoms with Crippen molar-refractivity contribution in [3.05, 3.63) is 46.0 Å². The predicted molar refractivity (Wildman–Crippen MR) is 78.7 cm³/mol. The average Bonchev–Trinajstić information content (AvgIpc) is 2.34. The van der Waals surface area contributed by atoms with Gasteiger partial charge in [-0.1, -0.05) is 6.07 Å². The van der Waals surface area contributed by atoms with E-state index in [9.17, 15) is 4.79 Å². The molecule has 1 N–H and O–H groups in total. The molecule has 0 spiro atoms. The lowest BCUT2D eigenvalue weighted by atomic mass is 10.1. The first-order chi connectivity index (χ1) is 9.24. The van der Waals surface area contributed by atoms with Crippen LogP contribution in [0.5, 0.6) is 0 Å². The summed E-state index contributed by atoms with van der Waals surface area (Å²) in [5.74, 6) is 2.74. The molecule has 0 unspecified atom stereocenters. The summed E-state index contributed by atoms with van der Waals surface area (Å²) < 4.78 is 1.61. The van der Waals surface area contributed by atoms with E-state index in [4.69, 9.17) is 0 Å². The zero-order chi connectivity index (χ0) is 13.2. The van der Waals surface area contributed by atoms with Gasteiger partial charge < -0.3 is 5.32 Å². The van der Waals surface area contributed by atoms with E-state index in [-0.39, 0.29) is 5.56 Å². The van der Waals surface area contributed by atoms with Gasteiger partial charge in [0.2, 0.25) is 0 Å². The zero-order valence-electron chi connectivity index (χ0n) is 10.9. The van der Waals surface area contributed by atoms with E-state index in [1.807, 2.05) is 30.8 Å². The second kappa shape index (κ2) is 5.35. The number of hydrogen-bond acceptors (Lipinski definition) is 4. The summed E-state index contributed by atoms with van der Waals surface area (Å²) in [6, 6.07) is 5.51. The van der Waals surface area contributed by atoms with Crippen molar-refractivity contribution in [2.24, 2.45) is 5.92 Å². The number of aromatic nitrogens is 2. The highest BCUT2D eigenvalue weighted by atomic mass is 32.2. The zero-order valence-corrected chi connectivity index (χ0v) is 11.7. The van der Waals surface area contributed by atoms with Crippen LogP contribution < -0.4 is 10.9 Å². The van der Waals surface area contributed by atoms with E-state index in [2.05, 4.69) is 10.3 Å². The summed E-state index contributed by atoms with van der Waals surface area (Å²) in [6.45, 7) is 4.23. The monoisotopic (exact) mass is 275 g/mol. The van der Waals surface area contributed by atoms with Crippen LogP contribution in [0.2, 0.25) is 0 Å². The summed E-state index contributed by atoms with van der Waals surface area (Å²) in [7, 11) is 0. The van der Waals surface area contributed by atoms with Crippen LogP contribution in [-0.4, -0.2) is 28.2 Å². The van der Waals surface area contributed by atoms with Crippen LogP contribution >= 0.6 is 11.8 Å². The summed E-state index contributed by atoms with van der Waals surface area (Å²) in [6.07, 6.45) is 1.77. The molecule has 0 saturated carbocycles. The highest BCUT2D eigenvalue weighted by Crippen LogP contribution is 2.16. The fraction of sp³-hybridized carbons (Fsp3) is 0.429. The third-order valence-corrected chi connectivity index (χ3v) is 4.62. The molecule has 3 heterocycles. The fourth-order valence-corrected chi connectivity index (χ4v) is 3.22. The summed E-state index contributed by atoms with van der Waals surface area (Å²) >= 11 is 1.86. The van der Waals surface area contributed by atoms with Crippen LogP contribution in [0.15, 0.2) is 29.2 Å². The fourth-order valence-electron chi connectivity index (χ4n) is 2.18. The number of nitrogens with one attached hydrogen (secondary N) is 1. The summed E-state index contributed by atoms with van der Waals surface area (Å²) in [4.78, 5) is 16.6. The largest absolute Gasteiger partial charge is 0.316 e. The van der Waals surface area contributed by atoms with Crippen LogP contribution in [-0.2, 0) is 5.75 Å². The van der Waals surface area contributed by atoms with E-state index < -0.39 is 0 Å². The summed E-state index contributed by atoms with van der Waals surface area (Å²) in [5, 5.41) is 3.27. The molecule has 0 bridgehead atoms. The molecule has 0 atom stereocenters. The Hall–Kier alpha value is -1.33. The van der Waals surface area contributed by atoms with Crippen molar-refractivity contribution in [3.8, 4) is 0 Å². The van der Waals surface area contributed by atoms with Crippen molar-refractivity contribution in [3.63, 3.8) is 0 Å². The second-order valence-corrected chi connectivity index (χ2v) is 6.04. The molecule has 1 saturated heterocycles. The highest BCUT2D eigenvalue weighted by Gasteiger charge is 2.16. The molecule has 0 radical (unpaired) electrons. The highest BCUT2D eigenvalue weighted by molar-refractivity contribution is 7.98. The van der Waals surface area contributed by atoms with Crippen molar-refractivity contribution < 1.29 is 0 Å². The smallest absolute Gasteiger partial charge is 0.258 e. The third kappa shape index (κ3) is 2.67. The molecule has 0 aliphatic carbocycles. The molecule has 1 fully saturated rings. The molecule has 5 heteroatoms. The van der Waals surface area contributed by atoms with Crippen LogP contribution in [0.1, 0.15) is 11.3 Å². The van der Waals surface area contributed by atoms with E-state index in [1.165, 1.54) is 0 Å². The van der Waals surface area contributed by atoms with Crippen molar-refractivity contribution in [1.82, 2.24) is 14.7 Å². The predicted octanol–water partition coefficient (Wildman–Crippen LogP) is 1.46. The van der Waals surface area contributed by atoms with Gasteiger partial charge in [-0.05, 0) is 43.3 Å². The normalized spacial score (nSPS) is 15.6. The Balaban J connectivity index is 1.79. The van der Waals surface area contributed by atoms with Crippen LogP contribution in [0.4, 0.5) is 0 Å². The lowest BCUT2D eigenvalue weighted by Gasteiger charge is -2.26.